The number of nitrogens with zero attached hydrogens (tertiary/aromatic N) is 2. The molecule has 0 atom stereocenters. The molecule has 0 unspecified atom stereocenters. The van der Waals surface area contributed by atoms with E-state index in [1.54, 1.807) is 24.3 Å². The van der Waals surface area contributed by atoms with Crippen LogP contribution in [0.15, 0.2) is 57.4 Å². The second-order valence-electron chi connectivity index (χ2n) is 4.94. The fourth-order valence-corrected chi connectivity index (χ4v) is 2.60. The number of ether oxygens (including phenoxy) is 1. The Morgan fingerprint density at radius 3 is 2.62 bits per heavy atom. The van der Waals surface area contributed by atoms with Crippen LogP contribution in [0.25, 0.3) is 11.5 Å². The average Bonchev–Trinajstić information content (AvgIpc) is 3.04. The first-order valence-electron chi connectivity index (χ1n) is 7.09. The van der Waals surface area contributed by atoms with Crippen molar-refractivity contribution in [2.75, 3.05) is 0 Å². The van der Waals surface area contributed by atoms with Crippen molar-refractivity contribution in [1.29, 1.82) is 0 Å². The smallest absolute Gasteiger partial charge is 0.310 e. The zero-order valence-electron chi connectivity index (χ0n) is 12.4. The van der Waals surface area contributed by atoms with E-state index in [4.69, 9.17) is 20.8 Å². The van der Waals surface area contributed by atoms with Gasteiger partial charge in [-0.1, -0.05) is 35.9 Å². The van der Waals surface area contributed by atoms with E-state index in [-0.39, 0.29) is 24.9 Å². The Hall–Kier alpha value is -2.18. The lowest BCUT2D eigenvalue weighted by Gasteiger charge is -2.02. The number of benzene rings is 2. The number of hydrogen-bond donors (Lipinski definition) is 0. The largest absolute Gasteiger partial charge is 0.455 e. The Balaban J connectivity index is 1.58. The molecule has 122 valence electrons. The number of hydrogen-bond acceptors (Lipinski definition) is 5. The molecule has 0 amide bonds. The highest BCUT2D eigenvalue weighted by Crippen LogP contribution is 2.26. The number of halogens is 2. The summed E-state index contributed by atoms with van der Waals surface area (Å²) in [5.41, 5.74) is 1.60. The molecule has 0 aliphatic carbocycles. The Kier molecular flexibility index (Phi) is 5.27. The minimum Gasteiger partial charge on any atom is -0.455 e. The first kappa shape index (κ1) is 16.7. The molecule has 0 N–H and O–H groups in total. The number of esters is 1. The molecular formula is C17H12BrClN2O3. The van der Waals surface area contributed by atoms with Gasteiger partial charge in [-0.05, 0) is 45.8 Å². The standard InChI is InChI=1S/C17H12BrClN2O3/c18-14-4-2-1-3-13(14)17-21-20-15(24-17)10-23-16(22)9-11-5-7-12(19)8-6-11/h1-8H,9-10H2. The first-order chi connectivity index (χ1) is 11.6. The summed E-state index contributed by atoms with van der Waals surface area (Å²) >= 11 is 9.23. The van der Waals surface area contributed by atoms with Crippen molar-refractivity contribution in [2.45, 2.75) is 13.0 Å². The van der Waals surface area contributed by atoms with Gasteiger partial charge < -0.3 is 9.15 Å². The Morgan fingerprint density at radius 1 is 1.12 bits per heavy atom. The molecule has 0 bridgehead atoms. The molecule has 5 nitrogen and oxygen atoms in total. The maximum absolute atomic E-state index is 11.8. The number of carbonyl (C=O) groups is 1. The molecule has 7 heteroatoms. The normalized spacial score (nSPS) is 10.6. The maximum atomic E-state index is 11.8. The van der Waals surface area contributed by atoms with Gasteiger partial charge in [0.15, 0.2) is 6.61 Å². The van der Waals surface area contributed by atoms with E-state index in [9.17, 15) is 4.79 Å². The van der Waals surface area contributed by atoms with Gasteiger partial charge in [0.2, 0.25) is 5.89 Å². The van der Waals surface area contributed by atoms with Crippen molar-refractivity contribution >= 4 is 33.5 Å². The van der Waals surface area contributed by atoms with Gasteiger partial charge in [0.05, 0.1) is 12.0 Å². The monoisotopic (exact) mass is 406 g/mol. The third-order valence-corrected chi connectivity index (χ3v) is 4.13. The van der Waals surface area contributed by atoms with Crippen LogP contribution >= 0.6 is 27.5 Å². The molecule has 3 aromatic rings. The van der Waals surface area contributed by atoms with E-state index in [1.807, 2.05) is 24.3 Å². The topological polar surface area (TPSA) is 65.2 Å². The van der Waals surface area contributed by atoms with E-state index < -0.39 is 0 Å². The molecular weight excluding hydrogens is 396 g/mol. The third kappa shape index (κ3) is 4.21. The van der Waals surface area contributed by atoms with Crippen LogP contribution in [-0.4, -0.2) is 16.2 Å². The lowest BCUT2D eigenvalue weighted by molar-refractivity contribution is -0.144. The first-order valence-corrected chi connectivity index (χ1v) is 8.26. The fourth-order valence-electron chi connectivity index (χ4n) is 2.02. The SMILES string of the molecule is O=C(Cc1ccc(Cl)cc1)OCc1nnc(-c2ccccc2Br)o1. The van der Waals surface area contributed by atoms with Gasteiger partial charge in [-0.15, -0.1) is 10.2 Å². The van der Waals surface area contributed by atoms with Gasteiger partial charge >= 0.3 is 5.97 Å². The molecule has 1 heterocycles. The van der Waals surface area contributed by atoms with Crippen molar-refractivity contribution in [2.24, 2.45) is 0 Å². The molecule has 0 saturated carbocycles. The van der Waals surface area contributed by atoms with Crippen LogP contribution in [0.5, 0.6) is 0 Å². The number of rotatable bonds is 5. The van der Waals surface area contributed by atoms with Crippen LogP contribution in [0.1, 0.15) is 11.5 Å². The maximum Gasteiger partial charge on any atom is 0.310 e. The summed E-state index contributed by atoms with van der Waals surface area (Å²) in [6, 6.07) is 14.5. The zero-order chi connectivity index (χ0) is 16.9. The van der Waals surface area contributed by atoms with Crippen LogP contribution in [0.3, 0.4) is 0 Å². The molecule has 0 spiro atoms. The highest BCUT2D eigenvalue weighted by Gasteiger charge is 2.13. The molecule has 24 heavy (non-hydrogen) atoms. The predicted octanol–water partition coefficient (Wildman–Crippen LogP) is 4.44. The van der Waals surface area contributed by atoms with Crippen molar-refractivity contribution in [3.63, 3.8) is 0 Å². The van der Waals surface area contributed by atoms with E-state index in [2.05, 4.69) is 26.1 Å². The van der Waals surface area contributed by atoms with Crippen molar-refractivity contribution in [3.8, 4) is 11.5 Å². The Morgan fingerprint density at radius 2 is 1.88 bits per heavy atom. The quantitative estimate of drug-likeness (QED) is 0.585. The summed E-state index contributed by atoms with van der Waals surface area (Å²) < 4.78 is 11.5. The lowest BCUT2D eigenvalue weighted by atomic mass is 10.2. The predicted molar refractivity (Wildman–Crippen MR) is 92.4 cm³/mol. The van der Waals surface area contributed by atoms with Crippen LogP contribution in [0, 0.1) is 0 Å². The lowest BCUT2D eigenvalue weighted by Crippen LogP contribution is -2.08. The number of carbonyl (C=O) groups excluding carboxylic acids is 1. The van der Waals surface area contributed by atoms with Gasteiger partial charge in [-0.3, -0.25) is 4.79 Å². The Labute approximate surface area is 151 Å². The van der Waals surface area contributed by atoms with Gasteiger partial charge in [-0.25, -0.2) is 0 Å². The fraction of sp³-hybridized carbons (Fsp3) is 0.118. The average molecular weight is 408 g/mol. The molecule has 3 rings (SSSR count). The summed E-state index contributed by atoms with van der Waals surface area (Å²) in [7, 11) is 0. The summed E-state index contributed by atoms with van der Waals surface area (Å²) in [6.07, 6.45) is 0.155. The molecule has 0 aliphatic rings. The van der Waals surface area contributed by atoms with Gasteiger partial charge in [0.25, 0.3) is 5.89 Å². The van der Waals surface area contributed by atoms with Crippen LogP contribution in [0.2, 0.25) is 5.02 Å². The van der Waals surface area contributed by atoms with Crippen molar-refractivity contribution in [1.82, 2.24) is 10.2 Å². The van der Waals surface area contributed by atoms with E-state index >= 15 is 0 Å². The zero-order valence-corrected chi connectivity index (χ0v) is 14.8. The molecule has 0 saturated heterocycles. The molecule has 1 aromatic heterocycles. The summed E-state index contributed by atoms with van der Waals surface area (Å²) in [5.74, 6) is 0.231. The van der Waals surface area contributed by atoms with Crippen LogP contribution < -0.4 is 0 Å². The Bertz CT molecular complexity index is 849. The second-order valence-corrected chi connectivity index (χ2v) is 6.24. The molecule has 0 radical (unpaired) electrons. The van der Waals surface area contributed by atoms with E-state index in [1.165, 1.54) is 0 Å². The van der Waals surface area contributed by atoms with Crippen molar-refractivity contribution < 1.29 is 13.9 Å². The van der Waals surface area contributed by atoms with E-state index in [0.29, 0.717) is 10.9 Å². The van der Waals surface area contributed by atoms with Gasteiger partial charge in [0.1, 0.15) is 0 Å². The summed E-state index contributed by atoms with van der Waals surface area (Å²) in [6.45, 7) is -0.0656. The minimum atomic E-state index is -0.377. The van der Waals surface area contributed by atoms with Crippen molar-refractivity contribution in [3.05, 3.63) is 69.5 Å². The third-order valence-electron chi connectivity index (χ3n) is 3.19. The highest BCUT2D eigenvalue weighted by molar-refractivity contribution is 9.10. The highest BCUT2D eigenvalue weighted by atomic mass is 79.9. The molecule has 0 fully saturated rings. The number of aromatic nitrogens is 2. The molecule has 0 aliphatic heterocycles. The second kappa shape index (κ2) is 7.59. The van der Waals surface area contributed by atoms with E-state index in [0.717, 1.165) is 15.6 Å². The van der Waals surface area contributed by atoms with Gasteiger partial charge in [0, 0.05) is 9.50 Å². The van der Waals surface area contributed by atoms with Crippen LogP contribution in [0.4, 0.5) is 0 Å². The summed E-state index contributed by atoms with van der Waals surface area (Å²) in [4.78, 5) is 11.8. The van der Waals surface area contributed by atoms with Gasteiger partial charge in [-0.2, -0.15) is 0 Å². The molecule has 2 aromatic carbocycles. The minimum absolute atomic E-state index is 0.0656. The van der Waals surface area contributed by atoms with Crippen LogP contribution in [-0.2, 0) is 22.6 Å². The summed E-state index contributed by atoms with van der Waals surface area (Å²) in [5, 5.41) is 8.48.